The van der Waals surface area contributed by atoms with Crippen LogP contribution in [0.1, 0.15) is 20.8 Å². The SMILES string of the molecule is COCCN(C)C(C)=CC=C(C)N1CC(C)OC1=O. The topological polar surface area (TPSA) is 42.0 Å². The van der Waals surface area contributed by atoms with Crippen LogP contribution in [0, 0.1) is 0 Å². The number of cyclic esters (lactones) is 1. The summed E-state index contributed by atoms with van der Waals surface area (Å²) in [5.74, 6) is 0. The van der Waals surface area contributed by atoms with Crippen LogP contribution in [0.5, 0.6) is 0 Å². The lowest BCUT2D eigenvalue weighted by molar-refractivity contribution is 0.141. The largest absolute Gasteiger partial charge is 0.444 e. The second-order valence-electron chi connectivity index (χ2n) is 4.84. The van der Waals surface area contributed by atoms with Gasteiger partial charge < -0.3 is 14.4 Å². The van der Waals surface area contributed by atoms with E-state index in [1.54, 1.807) is 12.0 Å². The summed E-state index contributed by atoms with van der Waals surface area (Å²) >= 11 is 0. The molecule has 0 aliphatic carbocycles. The van der Waals surface area contributed by atoms with Crippen LogP contribution in [0.3, 0.4) is 0 Å². The molecule has 5 heteroatoms. The summed E-state index contributed by atoms with van der Waals surface area (Å²) in [6.07, 6.45) is 3.64. The van der Waals surface area contributed by atoms with E-state index in [4.69, 9.17) is 9.47 Å². The third kappa shape index (κ3) is 4.59. The van der Waals surface area contributed by atoms with Gasteiger partial charge >= 0.3 is 6.09 Å². The van der Waals surface area contributed by atoms with Crippen molar-refractivity contribution >= 4 is 6.09 Å². The summed E-state index contributed by atoms with van der Waals surface area (Å²) in [6, 6.07) is 0. The van der Waals surface area contributed by atoms with E-state index >= 15 is 0 Å². The maximum atomic E-state index is 11.6. The van der Waals surface area contributed by atoms with Crippen molar-refractivity contribution < 1.29 is 14.3 Å². The lowest BCUT2D eigenvalue weighted by Gasteiger charge is -2.19. The molecule has 0 saturated carbocycles. The Kier molecular flexibility index (Phi) is 5.89. The highest BCUT2D eigenvalue weighted by molar-refractivity contribution is 5.72. The van der Waals surface area contributed by atoms with Crippen LogP contribution in [0.2, 0.25) is 0 Å². The monoisotopic (exact) mass is 268 g/mol. The van der Waals surface area contributed by atoms with E-state index in [1.165, 1.54) is 0 Å². The minimum atomic E-state index is -0.264. The first-order valence-electron chi connectivity index (χ1n) is 6.49. The maximum Gasteiger partial charge on any atom is 0.414 e. The van der Waals surface area contributed by atoms with Crippen molar-refractivity contribution in [1.82, 2.24) is 9.80 Å². The van der Waals surface area contributed by atoms with Crippen LogP contribution in [0.4, 0.5) is 4.79 Å². The average Bonchev–Trinajstić information content (AvgIpc) is 2.71. The Balaban J connectivity index is 2.61. The highest BCUT2D eigenvalue weighted by Crippen LogP contribution is 2.16. The Hall–Kier alpha value is -1.49. The molecule has 0 bridgehead atoms. The Bertz CT molecular complexity index is 377. The molecule has 0 spiro atoms. The number of methoxy groups -OCH3 is 1. The predicted molar refractivity (Wildman–Crippen MR) is 74.7 cm³/mol. The number of likely N-dealkylation sites (N-methyl/N-ethyl adjacent to an activating group) is 1. The van der Waals surface area contributed by atoms with Crippen molar-refractivity contribution in [1.29, 1.82) is 0 Å². The average molecular weight is 268 g/mol. The standard InChI is InChI=1S/C14H24N2O3/c1-11(15(4)8-9-18-5)6-7-12(2)16-10-13(3)19-14(16)17/h6-7,13H,8-10H2,1-5H3. The number of nitrogens with zero attached hydrogens (tertiary/aromatic N) is 2. The van der Waals surface area contributed by atoms with Gasteiger partial charge in [0.05, 0.1) is 13.2 Å². The Labute approximate surface area is 115 Å². The van der Waals surface area contributed by atoms with Crippen molar-refractivity contribution in [2.24, 2.45) is 0 Å². The molecule has 1 unspecified atom stereocenters. The van der Waals surface area contributed by atoms with Crippen molar-refractivity contribution in [2.75, 3.05) is 33.9 Å². The molecular formula is C14H24N2O3. The van der Waals surface area contributed by atoms with Crippen molar-refractivity contribution in [2.45, 2.75) is 26.9 Å². The lowest BCUT2D eigenvalue weighted by Crippen LogP contribution is -2.23. The van der Waals surface area contributed by atoms with Crippen molar-refractivity contribution in [3.8, 4) is 0 Å². The molecule has 0 aromatic carbocycles. The van der Waals surface area contributed by atoms with E-state index in [1.807, 2.05) is 40.0 Å². The molecule has 1 aliphatic rings. The first-order valence-corrected chi connectivity index (χ1v) is 6.49. The van der Waals surface area contributed by atoms with Gasteiger partial charge in [-0.05, 0) is 32.9 Å². The van der Waals surface area contributed by atoms with Crippen LogP contribution < -0.4 is 0 Å². The first-order chi connectivity index (χ1) is 8.95. The summed E-state index contributed by atoms with van der Waals surface area (Å²) in [6.45, 7) is 8.00. The normalized spacial score (nSPS) is 20.8. The van der Waals surface area contributed by atoms with Crippen LogP contribution >= 0.6 is 0 Å². The summed E-state index contributed by atoms with van der Waals surface area (Å²) in [5.41, 5.74) is 2.02. The highest BCUT2D eigenvalue weighted by atomic mass is 16.6. The van der Waals surface area contributed by atoms with Gasteiger partial charge in [-0.15, -0.1) is 0 Å². The fraction of sp³-hybridized carbons (Fsp3) is 0.643. The molecule has 1 rings (SSSR count). The molecule has 1 atom stereocenters. The van der Waals surface area contributed by atoms with E-state index in [0.29, 0.717) is 13.2 Å². The second kappa shape index (κ2) is 7.19. The van der Waals surface area contributed by atoms with Gasteiger partial charge in [0.2, 0.25) is 0 Å². The van der Waals surface area contributed by atoms with E-state index in [9.17, 15) is 4.79 Å². The molecule has 0 radical (unpaired) electrons. The molecule has 1 saturated heterocycles. The molecule has 1 fully saturated rings. The van der Waals surface area contributed by atoms with Crippen molar-refractivity contribution in [3.05, 3.63) is 23.5 Å². The van der Waals surface area contributed by atoms with Crippen LogP contribution in [0.15, 0.2) is 23.5 Å². The fourth-order valence-electron chi connectivity index (χ4n) is 1.76. The van der Waals surface area contributed by atoms with Gasteiger partial charge in [-0.2, -0.15) is 0 Å². The van der Waals surface area contributed by atoms with Gasteiger partial charge in [0.15, 0.2) is 0 Å². The Morgan fingerprint density at radius 2 is 2.21 bits per heavy atom. The molecule has 0 aromatic heterocycles. The van der Waals surface area contributed by atoms with Crippen LogP contribution in [0.25, 0.3) is 0 Å². The summed E-state index contributed by atoms with van der Waals surface area (Å²) in [4.78, 5) is 15.3. The first kappa shape index (κ1) is 15.6. The number of allylic oxidation sites excluding steroid dienone is 4. The minimum Gasteiger partial charge on any atom is -0.444 e. The van der Waals surface area contributed by atoms with Crippen molar-refractivity contribution in [3.63, 3.8) is 0 Å². The fourth-order valence-corrected chi connectivity index (χ4v) is 1.76. The van der Waals surface area contributed by atoms with Gasteiger partial charge in [0.25, 0.3) is 0 Å². The minimum absolute atomic E-state index is 0.0368. The number of ether oxygens (including phenoxy) is 2. The zero-order valence-corrected chi connectivity index (χ0v) is 12.5. The van der Waals surface area contributed by atoms with E-state index in [2.05, 4.69) is 4.90 Å². The summed E-state index contributed by atoms with van der Waals surface area (Å²) in [7, 11) is 3.71. The number of hydrogen-bond donors (Lipinski definition) is 0. The molecule has 0 aromatic rings. The zero-order valence-electron chi connectivity index (χ0n) is 12.5. The van der Waals surface area contributed by atoms with Gasteiger partial charge in [0, 0.05) is 32.1 Å². The smallest absolute Gasteiger partial charge is 0.414 e. The van der Waals surface area contributed by atoms with Gasteiger partial charge in [-0.1, -0.05) is 0 Å². The highest BCUT2D eigenvalue weighted by Gasteiger charge is 2.28. The molecule has 1 amide bonds. The molecule has 1 aliphatic heterocycles. The molecule has 0 N–H and O–H groups in total. The number of rotatable bonds is 6. The number of hydrogen-bond acceptors (Lipinski definition) is 4. The number of carbonyl (C=O) groups is 1. The zero-order chi connectivity index (χ0) is 14.4. The number of carbonyl (C=O) groups excluding carboxylic acids is 1. The summed E-state index contributed by atoms with van der Waals surface area (Å²) in [5, 5.41) is 0. The third-order valence-corrected chi connectivity index (χ3v) is 3.19. The molecular weight excluding hydrogens is 244 g/mol. The Morgan fingerprint density at radius 1 is 1.53 bits per heavy atom. The summed E-state index contributed by atoms with van der Waals surface area (Å²) < 4.78 is 10.1. The lowest BCUT2D eigenvalue weighted by atomic mass is 10.3. The third-order valence-electron chi connectivity index (χ3n) is 3.19. The Morgan fingerprint density at radius 3 is 2.74 bits per heavy atom. The molecule has 1 heterocycles. The van der Waals surface area contributed by atoms with E-state index in [-0.39, 0.29) is 12.2 Å². The number of amides is 1. The second-order valence-corrected chi connectivity index (χ2v) is 4.84. The van der Waals surface area contributed by atoms with E-state index in [0.717, 1.165) is 17.9 Å². The van der Waals surface area contributed by atoms with Crippen LogP contribution in [-0.4, -0.2) is 55.9 Å². The quantitative estimate of drug-likeness (QED) is 0.693. The molecule has 19 heavy (non-hydrogen) atoms. The van der Waals surface area contributed by atoms with Gasteiger partial charge in [-0.25, -0.2) is 4.79 Å². The van der Waals surface area contributed by atoms with Gasteiger partial charge in [-0.3, -0.25) is 4.90 Å². The van der Waals surface area contributed by atoms with Gasteiger partial charge in [0.1, 0.15) is 6.10 Å². The predicted octanol–water partition coefficient (Wildman–Crippen LogP) is 2.21. The molecule has 108 valence electrons. The molecule has 5 nitrogen and oxygen atoms in total. The van der Waals surface area contributed by atoms with E-state index < -0.39 is 0 Å². The van der Waals surface area contributed by atoms with Crippen LogP contribution in [-0.2, 0) is 9.47 Å². The maximum absolute atomic E-state index is 11.6.